The van der Waals surface area contributed by atoms with E-state index in [2.05, 4.69) is 24.7 Å². The van der Waals surface area contributed by atoms with Gasteiger partial charge in [0, 0.05) is 6.42 Å². The fourth-order valence-corrected chi connectivity index (χ4v) is 0.392. The topological polar surface area (TPSA) is 0 Å². The van der Waals surface area contributed by atoms with E-state index in [4.69, 9.17) is 6.42 Å². The summed E-state index contributed by atoms with van der Waals surface area (Å²) in [7, 11) is 0. The monoisotopic (exact) mass is 120 g/mol. The average Bonchev–Trinajstić information content (AvgIpc) is 1.89. The molecule has 0 aliphatic carbocycles. The molecule has 0 spiro atoms. The minimum atomic E-state index is 0.122. The van der Waals surface area contributed by atoms with Gasteiger partial charge in [0.1, 0.15) is 0 Å². The van der Waals surface area contributed by atoms with Gasteiger partial charge in [0.25, 0.3) is 0 Å². The van der Waals surface area contributed by atoms with E-state index >= 15 is 0 Å². The third-order valence-electron chi connectivity index (χ3n) is 0.944. The first kappa shape index (κ1) is 8.12. The lowest BCUT2D eigenvalue weighted by atomic mass is 10.2. The van der Waals surface area contributed by atoms with Gasteiger partial charge in [0.15, 0.2) is 0 Å². The fourth-order valence-electron chi connectivity index (χ4n) is 0.392. The van der Waals surface area contributed by atoms with Crippen LogP contribution in [0.4, 0.5) is 0 Å². The zero-order valence-corrected chi connectivity index (χ0v) is 6.07. The molecule has 0 aromatic carbocycles. The lowest BCUT2D eigenvalue weighted by Crippen LogP contribution is -1.80. The Hall–Kier alpha value is -0.880. The molecule has 0 aromatic rings. The van der Waals surface area contributed by atoms with Crippen molar-refractivity contribution in [2.45, 2.75) is 26.7 Å². The van der Waals surface area contributed by atoms with Gasteiger partial charge in [0.2, 0.25) is 0 Å². The molecular weight excluding hydrogens is 108 g/mol. The summed E-state index contributed by atoms with van der Waals surface area (Å²) in [4.78, 5) is 0. The molecule has 0 rings (SSSR count). The van der Waals surface area contributed by atoms with Crippen molar-refractivity contribution in [2.24, 2.45) is 5.92 Å². The molecule has 0 nitrogen and oxygen atoms in total. The van der Waals surface area contributed by atoms with Crippen LogP contribution in [-0.4, -0.2) is 0 Å². The van der Waals surface area contributed by atoms with Crippen molar-refractivity contribution in [3.63, 3.8) is 0 Å². The molecule has 0 heteroatoms. The summed E-state index contributed by atoms with van der Waals surface area (Å²) in [6.07, 6.45) is 7.18. The molecule has 0 fully saturated rings. The lowest BCUT2D eigenvalue weighted by molar-refractivity contribution is 0.968. The molecular formula is C9H12. The van der Waals surface area contributed by atoms with Crippen molar-refractivity contribution in [3.05, 3.63) is 0 Å². The molecule has 1 unspecified atom stereocenters. The minimum absolute atomic E-state index is 0.122. The van der Waals surface area contributed by atoms with Gasteiger partial charge in [-0.2, -0.15) is 0 Å². The highest BCUT2D eigenvalue weighted by Crippen LogP contribution is 1.88. The van der Waals surface area contributed by atoms with E-state index in [1.165, 1.54) is 0 Å². The van der Waals surface area contributed by atoms with Crippen LogP contribution in [0.5, 0.6) is 0 Å². The first-order chi connectivity index (χ1) is 4.31. The van der Waals surface area contributed by atoms with Gasteiger partial charge in [-0.25, -0.2) is 0 Å². The van der Waals surface area contributed by atoms with Crippen molar-refractivity contribution in [2.75, 3.05) is 0 Å². The van der Waals surface area contributed by atoms with Crippen LogP contribution in [0.3, 0.4) is 0 Å². The number of terminal acetylenes is 1. The van der Waals surface area contributed by atoms with E-state index in [0.29, 0.717) is 0 Å². The Morgan fingerprint density at radius 2 is 2.22 bits per heavy atom. The summed E-state index contributed by atoms with van der Waals surface area (Å²) in [5.74, 6) is 8.61. The first-order valence-corrected chi connectivity index (χ1v) is 3.25. The van der Waals surface area contributed by atoms with E-state index < -0.39 is 0 Å². The van der Waals surface area contributed by atoms with Gasteiger partial charge in [-0.1, -0.05) is 18.8 Å². The maximum atomic E-state index is 5.10. The molecule has 0 N–H and O–H groups in total. The molecule has 0 bridgehead atoms. The number of hydrogen-bond acceptors (Lipinski definition) is 0. The van der Waals surface area contributed by atoms with Crippen LogP contribution in [0.1, 0.15) is 26.7 Å². The highest BCUT2D eigenvalue weighted by molar-refractivity contribution is 5.12. The second-order valence-electron chi connectivity index (χ2n) is 1.96. The van der Waals surface area contributed by atoms with Crippen molar-refractivity contribution in [3.8, 4) is 24.2 Å². The number of hydrogen-bond donors (Lipinski definition) is 0. The molecule has 48 valence electrons. The summed E-state index contributed by atoms with van der Waals surface area (Å²) < 4.78 is 0. The van der Waals surface area contributed by atoms with E-state index in [0.717, 1.165) is 12.8 Å². The minimum Gasteiger partial charge on any atom is -0.119 e. The van der Waals surface area contributed by atoms with Gasteiger partial charge < -0.3 is 0 Å². The standard InChI is InChI=1S/C9H12/c1-4-6-7-8-9(3)5-2/h2,9H,4,6H2,1,3H3. The maximum absolute atomic E-state index is 5.10. The van der Waals surface area contributed by atoms with E-state index in [1.54, 1.807) is 0 Å². The summed E-state index contributed by atoms with van der Waals surface area (Å²) in [6.45, 7) is 4.04. The van der Waals surface area contributed by atoms with E-state index in [1.807, 2.05) is 6.92 Å². The van der Waals surface area contributed by atoms with Crippen molar-refractivity contribution in [1.29, 1.82) is 0 Å². The van der Waals surface area contributed by atoms with Gasteiger partial charge in [-0.3, -0.25) is 0 Å². The quantitative estimate of drug-likeness (QED) is 0.465. The van der Waals surface area contributed by atoms with E-state index in [9.17, 15) is 0 Å². The summed E-state index contributed by atoms with van der Waals surface area (Å²) >= 11 is 0. The van der Waals surface area contributed by atoms with Crippen LogP contribution in [0.25, 0.3) is 0 Å². The van der Waals surface area contributed by atoms with Gasteiger partial charge in [-0.15, -0.1) is 12.3 Å². The van der Waals surface area contributed by atoms with Crippen molar-refractivity contribution in [1.82, 2.24) is 0 Å². The molecule has 0 saturated heterocycles. The SMILES string of the molecule is C#CC(C)C#CCCC. The second kappa shape index (κ2) is 5.26. The highest BCUT2D eigenvalue weighted by atomic mass is 13.8. The molecule has 0 saturated carbocycles. The molecule has 0 aromatic heterocycles. The summed E-state index contributed by atoms with van der Waals surface area (Å²) in [6, 6.07) is 0. The predicted molar refractivity (Wildman–Crippen MR) is 40.7 cm³/mol. The Morgan fingerprint density at radius 1 is 1.56 bits per heavy atom. The Balaban J connectivity index is 3.49. The van der Waals surface area contributed by atoms with Gasteiger partial charge >= 0.3 is 0 Å². The van der Waals surface area contributed by atoms with Crippen LogP contribution < -0.4 is 0 Å². The average molecular weight is 120 g/mol. The molecule has 0 aliphatic rings. The van der Waals surface area contributed by atoms with Crippen LogP contribution in [0.2, 0.25) is 0 Å². The zero-order chi connectivity index (χ0) is 7.11. The summed E-state index contributed by atoms with van der Waals surface area (Å²) in [5, 5.41) is 0. The fraction of sp³-hybridized carbons (Fsp3) is 0.556. The Bertz CT molecular complexity index is 149. The smallest absolute Gasteiger partial charge is 0.0780 e. The van der Waals surface area contributed by atoms with Crippen LogP contribution in [0.15, 0.2) is 0 Å². The van der Waals surface area contributed by atoms with Crippen LogP contribution in [-0.2, 0) is 0 Å². The normalized spacial score (nSPS) is 10.8. The number of rotatable bonds is 1. The van der Waals surface area contributed by atoms with E-state index in [-0.39, 0.29) is 5.92 Å². The second-order valence-corrected chi connectivity index (χ2v) is 1.96. The lowest BCUT2D eigenvalue weighted by Gasteiger charge is -1.85. The Labute approximate surface area is 57.7 Å². The predicted octanol–water partition coefficient (Wildman–Crippen LogP) is 2.06. The van der Waals surface area contributed by atoms with Crippen LogP contribution >= 0.6 is 0 Å². The van der Waals surface area contributed by atoms with Gasteiger partial charge in [0.05, 0.1) is 5.92 Å². The molecule has 0 heterocycles. The van der Waals surface area contributed by atoms with Crippen molar-refractivity contribution < 1.29 is 0 Å². The number of unbranched alkanes of at least 4 members (excludes halogenated alkanes) is 1. The molecule has 0 radical (unpaired) electrons. The largest absolute Gasteiger partial charge is 0.119 e. The Kier molecular flexibility index (Phi) is 4.75. The molecule has 9 heavy (non-hydrogen) atoms. The Morgan fingerprint density at radius 3 is 2.67 bits per heavy atom. The van der Waals surface area contributed by atoms with Crippen LogP contribution in [0, 0.1) is 30.1 Å². The highest BCUT2D eigenvalue weighted by Gasteiger charge is 1.83. The van der Waals surface area contributed by atoms with Gasteiger partial charge in [-0.05, 0) is 13.3 Å². The molecule has 0 amide bonds. The first-order valence-electron chi connectivity index (χ1n) is 3.25. The maximum Gasteiger partial charge on any atom is 0.0780 e. The van der Waals surface area contributed by atoms with Crippen molar-refractivity contribution >= 4 is 0 Å². The third kappa shape index (κ3) is 4.98. The summed E-state index contributed by atoms with van der Waals surface area (Å²) in [5.41, 5.74) is 0. The zero-order valence-electron chi connectivity index (χ0n) is 6.07. The molecule has 1 atom stereocenters. The third-order valence-corrected chi connectivity index (χ3v) is 0.944. The molecule has 0 aliphatic heterocycles.